The predicted octanol–water partition coefficient (Wildman–Crippen LogP) is -0.0467. The van der Waals surface area contributed by atoms with Crippen LogP contribution in [0.25, 0.3) is 0 Å². The fourth-order valence-electron chi connectivity index (χ4n) is 1.85. The summed E-state index contributed by atoms with van der Waals surface area (Å²) in [6.45, 7) is 7.20. The summed E-state index contributed by atoms with van der Waals surface area (Å²) in [6.07, 6.45) is 1.96. The van der Waals surface area contributed by atoms with Crippen LogP contribution in [0.5, 0.6) is 0 Å². The van der Waals surface area contributed by atoms with E-state index in [1.54, 1.807) is 7.05 Å². The molecule has 6 heteroatoms. The number of nitrogens with one attached hydrogen (secondary N) is 1. The maximum absolute atomic E-state index is 12.0. The molecule has 0 amide bonds. The lowest BCUT2D eigenvalue weighted by molar-refractivity contribution is 0.252. The normalized spacial score (nSPS) is 18.8. The van der Waals surface area contributed by atoms with Gasteiger partial charge in [-0.3, -0.25) is 4.90 Å². The molecule has 0 radical (unpaired) electrons. The molecule has 1 aliphatic heterocycles. The highest BCUT2D eigenvalue weighted by atomic mass is 32.2. The number of rotatable bonds is 7. The Hall–Kier alpha value is -0.170. The van der Waals surface area contributed by atoms with Crippen molar-refractivity contribution in [2.45, 2.75) is 19.8 Å². The first kappa shape index (κ1) is 14.9. The molecular formula is C11H25N3O2S. The monoisotopic (exact) mass is 263 g/mol. The lowest BCUT2D eigenvalue weighted by Gasteiger charge is -2.27. The largest absolute Gasteiger partial charge is 0.314 e. The maximum Gasteiger partial charge on any atom is 0.215 e. The Morgan fingerprint density at radius 2 is 1.94 bits per heavy atom. The average Bonchev–Trinajstić information content (AvgIpc) is 2.35. The molecule has 1 aliphatic rings. The number of hydrogen-bond acceptors (Lipinski definition) is 4. The van der Waals surface area contributed by atoms with Crippen LogP contribution in [0, 0.1) is 0 Å². The van der Waals surface area contributed by atoms with Gasteiger partial charge in [0.25, 0.3) is 0 Å². The Balaban J connectivity index is 2.32. The molecule has 1 N–H and O–H groups in total. The first-order valence-corrected chi connectivity index (χ1v) is 8.04. The molecule has 0 aromatic carbocycles. The summed E-state index contributed by atoms with van der Waals surface area (Å²) in [6, 6.07) is 0. The average molecular weight is 263 g/mol. The van der Waals surface area contributed by atoms with Gasteiger partial charge in [-0.2, -0.15) is 0 Å². The smallest absolute Gasteiger partial charge is 0.215 e. The molecule has 0 unspecified atom stereocenters. The number of sulfonamides is 1. The SMILES string of the molecule is CCCCN(C)S(=O)(=O)CCN1CCNCC1. The molecule has 17 heavy (non-hydrogen) atoms. The second-order valence-electron chi connectivity index (χ2n) is 4.58. The molecule has 1 fully saturated rings. The minimum absolute atomic E-state index is 0.243. The second-order valence-corrected chi connectivity index (χ2v) is 6.78. The third-order valence-corrected chi connectivity index (χ3v) is 5.01. The van der Waals surface area contributed by atoms with Crippen LogP contribution in [-0.4, -0.2) is 69.7 Å². The number of hydrogen-bond donors (Lipinski definition) is 1. The quantitative estimate of drug-likeness (QED) is 0.700. The van der Waals surface area contributed by atoms with Crippen molar-refractivity contribution in [3.63, 3.8) is 0 Å². The number of unbranched alkanes of at least 4 members (excludes halogenated alkanes) is 1. The van der Waals surface area contributed by atoms with E-state index in [0.29, 0.717) is 13.1 Å². The van der Waals surface area contributed by atoms with E-state index in [1.807, 2.05) is 0 Å². The zero-order valence-electron chi connectivity index (χ0n) is 11.0. The first-order chi connectivity index (χ1) is 8.06. The molecule has 0 saturated carbocycles. The molecule has 5 nitrogen and oxygen atoms in total. The van der Waals surface area contributed by atoms with Gasteiger partial charge >= 0.3 is 0 Å². The Bertz CT molecular complexity index is 300. The van der Waals surface area contributed by atoms with Gasteiger partial charge in [-0.05, 0) is 6.42 Å². The number of nitrogens with zero attached hydrogens (tertiary/aromatic N) is 2. The van der Waals surface area contributed by atoms with Crippen molar-refractivity contribution in [3.05, 3.63) is 0 Å². The summed E-state index contributed by atoms with van der Waals surface area (Å²) in [7, 11) is -1.38. The summed E-state index contributed by atoms with van der Waals surface area (Å²) in [5.74, 6) is 0.243. The Labute approximate surface area is 105 Å². The molecule has 0 bridgehead atoms. The Kier molecular flexibility index (Phi) is 6.40. The zero-order chi connectivity index (χ0) is 12.7. The highest BCUT2D eigenvalue weighted by Gasteiger charge is 2.19. The maximum atomic E-state index is 12.0. The standard InChI is InChI=1S/C11H25N3O2S/c1-3-4-7-13(2)17(15,16)11-10-14-8-5-12-6-9-14/h12H,3-11H2,1-2H3. The summed E-state index contributed by atoms with van der Waals surface area (Å²) >= 11 is 0. The lowest BCUT2D eigenvalue weighted by Crippen LogP contribution is -2.46. The van der Waals surface area contributed by atoms with E-state index in [2.05, 4.69) is 17.1 Å². The Morgan fingerprint density at radius 1 is 1.29 bits per heavy atom. The molecule has 0 aliphatic carbocycles. The van der Waals surface area contributed by atoms with E-state index in [-0.39, 0.29) is 5.75 Å². The van der Waals surface area contributed by atoms with Crippen LogP contribution in [0.15, 0.2) is 0 Å². The highest BCUT2D eigenvalue weighted by Crippen LogP contribution is 2.02. The van der Waals surface area contributed by atoms with Crippen molar-refractivity contribution < 1.29 is 8.42 Å². The van der Waals surface area contributed by atoms with Crippen LogP contribution in [-0.2, 0) is 10.0 Å². The van der Waals surface area contributed by atoms with Gasteiger partial charge in [0.1, 0.15) is 0 Å². The molecule has 1 rings (SSSR count). The van der Waals surface area contributed by atoms with E-state index >= 15 is 0 Å². The highest BCUT2D eigenvalue weighted by molar-refractivity contribution is 7.89. The van der Waals surface area contributed by atoms with Gasteiger partial charge in [0.15, 0.2) is 0 Å². The van der Waals surface area contributed by atoms with Crippen molar-refractivity contribution in [3.8, 4) is 0 Å². The summed E-state index contributed by atoms with van der Waals surface area (Å²) in [5, 5.41) is 3.26. The van der Waals surface area contributed by atoms with E-state index < -0.39 is 10.0 Å². The van der Waals surface area contributed by atoms with Crippen molar-refractivity contribution in [1.29, 1.82) is 0 Å². The van der Waals surface area contributed by atoms with Crippen LogP contribution in [0.4, 0.5) is 0 Å². The molecule has 0 aromatic heterocycles. The molecule has 0 spiro atoms. The van der Waals surface area contributed by atoms with Gasteiger partial charge in [-0.1, -0.05) is 13.3 Å². The van der Waals surface area contributed by atoms with Gasteiger partial charge < -0.3 is 5.32 Å². The minimum Gasteiger partial charge on any atom is -0.314 e. The van der Waals surface area contributed by atoms with Crippen LogP contribution >= 0.6 is 0 Å². The van der Waals surface area contributed by atoms with Gasteiger partial charge in [0.05, 0.1) is 5.75 Å². The lowest BCUT2D eigenvalue weighted by atomic mass is 10.3. The zero-order valence-corrected chi connectivity index (χ0v) is 11.8. The van der Waals surface area contributed by atoms with Gasteiger partial charge in [-0.15, -0.1) is 0 Å². The van der Waals surface area contributed by atoms with E-state index in [4.69, 9.17) is 0 Å². The molecule has 1 heterocycles. The molecular weight excluding hydrogens is 238 g/mol. The summed E-state index contributed by atoms with van der Waals surface area (Å²) < 4.78 is 25.4. The van der Waals surface area contributed by atoms with E-state index in [0.717, 1.165) is 39.0 Å². The van der Waals surface area contributed by atoms with Crippen molar-refractivity contribution in [2.24, 2.45) is 0 Å². The summed E-state index contributed by atoms with van der Waals surface area (Å²) in [4.78, 5) is 2.21. The van der Waals surface area contributed by atoms with Crippen LogP contribution in [0.3, 0.4) is 0 Å². The summed E-state index contributed by atoms with van der Waals surface area (Å²) in [5.41, 5.74) is 0. The van der Waals surface area contributed by atoms with E-state index in [1.165, 1.54) is 4.31 Å². The van der Waals surface area contributed by atoms with Gasteiger partial charge in [-0.25, -0.2) is 12.7 Å². The topological polar surface area (TPSA) is 52.7 Å². The third-order valence-electron chi connectivity index (χ3n) is 3.18. The second kappa shape index (κ2) is 7.31. The molecule has 0 aromatic rings. The van der Waals surface area contributed by atoms with Crippen LogP contribution in [0.1, 0.15) is 19.8 Å². The first-order valence-electron chi connectivity index (χ1n) is 6.43. The van der Waals surface area contributed by atoms with Crippen LogP contribution in [0.2, 0.25) is 0 Å². The Morgan fingerprint density at radius 3 is 2.53 bits per heavy atom. The fourth-order valence-corrected chi connectivity index (χ4v) is 3.06. The van der Waals surface area contributed by atoms with Crippen molar-refractivity contribution >= 4 is 10.0 Å². The van der Waals surface area contributed by atoms with Crippen molar-refractivity contribution in [2.75, 3.05) is 52.1 Å². The van der Waals surface area contributed by atoms with Crippen molar-refractivity contribution in [1.82, 2.24) is 14.5 Å². The van der Waals surface area contributed by atoms with Crippen LogP contribution < -0.4 is 5.32 Å². The molecule has 0 atom stereocenters. The van der Waals surface area contributed by atoms with Gasteiger partial charge in [0.2, 0.25) is 10.0 Å². The number of piperazine rings is 1. The predicted molar refractivity (Wildman–Crippen MR) is 70.6 cm³/mol. The minimum atomic E-state index is -3.06. The fraction of sp³-hybridized carbons (Fsp3) is 1.00. The molecule has 1 saturated heterocycles. The molecule has 102 valence electrons. The van der Waals surface area contributed by atoms with E-state index in [9.17, 15) is 8.42 Å². The van der Waals surface area contributed by atoms with Gasteiger partial charge in [0, 0.05) is 46.3 Å². The third kappa shape index (κ3) is 5.33.